The molecule has 0 bridgehead atoms. The van der Waals surface area contributed by atoms with Crippen molar-refractivity contribution in [1.29, 1.82) is 0 Å². The monoisotopic (exact) mass is 238 g/mol. The highest BCUT2D eigenvalue weighted by atomic mass is 32.1. The quantitative estimate of drug-likeness (QED) is 0.692. The highest BCUT2D eigenvalue weighted by Crippen LogP contribution is 2.44. The maximum Gasteiger partial charge on any atom is 0.254 e. The minimum Gasteiger partial charge on any atom is -0.396 e. The van der Waals surface area contributed by atoms with Crippen molar-refractivity contribution in [3.8, 4) is 0 Å². The first-order chi connectivity index (χ1) is 7.67. The molecule has 5 heteroatoms. The molecular weight excluding hydrogens is 224 g/mol. The molecule has 3 N–H and O–H groups in total. The highest BCUT2D eigenvalue weighted by Gasteiger charge is 2.42. The molecule has 0 unspecified atom stereocenters. The number of aromatic nitrogens is 1. The molecule has 1 saturated carbocycles. The second-order valence-electron chi connectivity index (χ2n) is 4.25. The molecule has 1 aliphatic rings. The van der Waals surface area contributed by atoms with Gasteiger partial charge in [0.15, 0.2) is 0 Å². The number of amides is 1. The molecule has 0 aromatic carbocycles. The van der Waals surface area contributed by atoms with Crippen LogP contribution in [0.3, 0.4) is 0 Å². The summed E-state index contributed by atoms with van der Waals surface area (Å²) in [6.45, 7) is 0.654. The molecule has 16 heavy (non-hydrogen) atoms. The topological polar surface area (TPSA) is 65.1 Å². The first-order valence-electron chi connectivity index (χ1n) is 5.24. The van der Waals surface area contributed by atoms with Crippen LogP contribution >= 0.6 is 12.2 Å². The Balaban J connectivity index is 1.99. The van der Waals surface area contributed by atoms with Crippen molar-refractivity contribution in [2.45, 2.75) is 12.8 Å². The highest BCUT2D eigenvalue weighted by molar-refractivity contribution is 7.71. The van der Waals surface area contributed by atoms with Gasteiger partial charge in [0.05, 0.1) is 12.2 Å². The van der Waals surface area contributed by atoms with E-state index in [9.17, 15) is 4.79 Å². The van der Waals surface area contributed by atoms with Crippen molar-refractivity contribution in [2.24, 2.45) is 5.41 Å². The number of H-pyrrole nitrogens is 1. The Morgan fingerprint density at radius 2 is 2.38 bits per heavy atom. The summed E-state index contributed by atoms with van der Waals surface area (Å²) in [5, 5.41) is 11.9. The van der Waals surface area contributed by atoms with Crippen LogP contribution in [-0.4, -0.2) is 29.1 Å². The van der Waals surface area contributed by atoms with Gasteiger partial charge in [-0.25, -0.2) is 0 Å². The Labute approximate surface area is 98.7 Å². The Kier molecular flexibility index (Phi) is 3.07. The number of pyridine rings is 1. The molecular formula is C11H14N2O2S. The Morgan fingerprint density at radius 3 is 2.94 bits per heavy atom. The number of hydrogen-bond donors (Lipinski definition) is 3. The lowest BCUT2D eigenvalue weighted by atomic mass is 10.1. The molecule has 0 atom stereocenters. The van der Waals surface area contributed by atoms with Crippen molar-refractivity contribution in [3.05, 3.63) is 28.5 Å². The van der Waals surface area contributed by atoms with Crippen LogP contribution in [0, 0.1) is 10.1 Å². The van der Waals surface area contributed by atoms with Gasteiger partial charge in [0.1, 0.15) is 4.64 Å². The van der Waals surface area contributed by atoms with Crippen molar-refractivity contribution >= 4 is 18.1 Å². The summed E-state index contributed by atoms with van der Waals surface area (Å²) in [5.41, 5.74) is 0.404. The number of aromatic amines is 1. The van der Waals surface area contributed by atoms with Gasteiger partial charge in [0.2, 0.25) is 0 Å². The fourth-order valence-corrected chi connectivity index (χ4v) is 1.76. The molecule has 1 aromatic rings. The van der Waals surface area contributed by atoms with E-state index in [2.05, 4.69) is 10.3 Å². The molecule has 2 rings (SSSR count). The lowest BCUT2D eigenvalue weighted by molar-refractivity contribution is 0.0934. The maximum absolute atomic E-state index is 11.8. The SMILES string of the molecule is O=C(NCC1(CO)CC1)c1ccc[nH]c1=S. The lowest BCUT2D eigenvalue weighted by Crippen LogP contribution is -2.32. The van der Waals surface area contributed by atoms with E-state index < -0.39 is 0 Å². The van der Waals surface area contributed by atoms with Gasteiger partial charge >= 0.3 is 0 Å². The molecule has 86 valence electrons. The van der Waals surface area contributed by atoms with E-state index >= 15 is 0 Å². The van der Waals surface area contributed by atoms with Crippen LogP contribution in [0.5, 0.6) is 0 Å². The number of aliphatic hydroxyl groups excluding tert-OH is 1. The third-order valence-corrected chi connectivity index (χ3v) is 3.32. The van der Waals surface area contributed by atoms with E-state index in [0.29, 0.717) is 16.7 Å². The summed E-state index contributed by atoms with van der Waals surface area (Å²) in [5.74, 6) is -0.179. The summed E-state index contributed by atoms with van der Waals surface area (Å²) in [6.07, 6.45) is 3.64. The van der Waals surface area contributed by atoms with Crippen molar-refractivity contribution in [1.82, 2.24) is 10.3 Å². The van der Waals surface area contributed by atoms with Crippen LogP contribution in [0.1, 0.15) is 23.2 Å². The molecule has 1 aliphatic carbocycles. The number of carbonyl (C=O) groups excluding carboxylic acids is 1. The van der Waals surface area contributed by atoms with Gasteiger partial charge in [-0.2, -0.15) is 0 Å². The average Bonchev–Trinajstić information content (AvgIpc) is 3.07. The summed E-state index contributed by atoms with van der Waals surface area (Å²) >= 11 is 5.01. The molecule has 0 radical (unpaired) electrons. The van der Waals surface area contributed by atoms with Crippen LogP contribution in [0.2, 0.25) is 0 Å². The van der Waals surface area contributed by atoms with Crippen LogP contribution < -0.4 is 5.32 Å². The fraction of sp³-hybridized carbons (Fsp3) is 0.455. The van der Waals surface area contributed by atoms with Crippen LogP contribution in [-0.2, 0) is 0 Å². The van der Waals surface area contributed by atoms with E-state index in [-0.39, 0.29) is 17.9 Å². The van der Waals surface area contributed by atoms with E-state index in [1.165, 1.54) is 0 Å². The van der Waals surface area contributed by atoms with Gasteiger partial charge in [0.25, 0.3) is 5.91 Å². The van der Waals surface area contributed by atoms with Crippen molar-refractivity contribution in [2.75, 3.05) is 13.2 Å². The summed E-state index contributed by atoms with van der Waals surface area (Å²) in [4.78, 5) is 14.6. The van der Waals surface area contributed by atoms with Gasteiger partial charge in [0, 0.05) is 18.2 Å². The third-order valence-electron chi connectivity index (χ3n) is 2.98. The van der Waals surface area contributed by atoms with Crippen LogP contribution in [0.15, 0.2) is 18.3 Å². The number of carbonyl (C=O) groups is 1. The zero-order chi connectivity index (χ0) is 11.6. The molecule has 1 aromatic heterocycles. The van der Waals surface area contributed by atoms with Crippen molar-refractivity contribution < 1.29 is 9.90 Å². The zero-order valence-electron chi connectivity index (χ0n) is 8.82. The van der Waals surface area contributed by atoms with Gasteiger partial charge < -0.3 is 15.4 Å². The van der Waals surface area contributed by atoms with Crippen LogP contribution in [0.4, 0.5) is 0 Å². The lowest BCUT2D eigenvalue weighted by Gasteiger charge is -2.12. The number of aliphatic hydroxyl groups is 1. The van der Waals surface area contributed by atoms with E-state index in [1.54, 1.807) is 18.3 Å². The second kappa shape index (κ2) is 4.35. The molecule has 1 fully saturated rings. The van der Waals surface area contributed by atoms with E-state index in [1.807, 2.05) is 0 Å². The van der Waals surface area contributed by atoms with Gasteiger partial charge in [-0.05, 0) is 25.0 Å². The maximum atomic E-state index is 11.8. The molecule has 0 spiro atoms. The Morgan fingerprint density at radius 1 is 1.62 bits per heavy atom. The minimum absolute atomic E-state index is 0.0736. The second-order valence-corrected chi connectivity index (χ2v) is 4.66. The molecule has 0 saturated heterocycles. The van der Waals surface area contributed by atoms with Gasteiger partial charge in [-0.3, -0.25) is 4.79 Å². The normalized spacial score (nSPS) is 16.8. The predicted octanol–water partition coefficient (Wildman–Crippen LogP) is 1.25. The zero-order valence-corrected chi connectivity index (χ0v) is 9.64. The van der Waals surface area contributed by atoms with E-state index in [0.717, 1.165) is 12.8 Å². The Hall–Kier alpha value is -1.20. The van der Waals surface area contributed by atoms with Gasteiger partial charge in [-0.1, -0.05) is 12.2 Å². The Bertz CT molecular complexity index is 451. The third kappa shape index (κ3) is 2.31. The summed E-state index contributed by atoms with van der Waals surface area (Å²) in [6, 6.07) is 3.43. The first kappa shape index (κ1) is 11.3. The minimum atomic E-state index is -0.179. The molecule has 4 nitrogen and oxygen atoms in total. The molecule has 0 aliphatic heterocycles. The first-order valence-corrected chi connectivity index (χ1v) is 5.64. The smallest absolute Gasteiger partial charge is 0.254 e. The average molecular weight is 238 g/mol. The fourth-order valence-electron chi connectivity index (χ4n) is 1.53. The van der Waals surface area contributed by atoms with Crippen molar-refractivity contribution in [3.63, 3.8) is 0 Å². The standard InChI is InChI=1S/C11H14N2O2S/c14-7-11(3-4-11)6-13-9(15)8-2-1-5-12-10(8)16/h1-2,5,14H,3-4,6-7H2,(H,12,16)(H,13,15). The summed E-state index contributed by atoms with van der Waals surface area (Å²) < 4.78 is 0.439. The number of nitrogens with one attached hydrogen (secondary N) is 2. The number of hydrogen-bond acceptors (Lipinski definition) is 3. The molecule has 1 heterocycles. The predicted molar refractivity (Wildman–Crippen MR) is 62.7 cm³/mol. The molecule has 1 amide bonds. The van der Waals surface area contributed by atoms with Crippen LogP contribution in [0.25, 0.3) is 0 Å². The van der Waals surface area contributed by atoms with Gasteiger partial charge in [-0.15, -0.1) is 0 Å². The number of rotatable bonds is 4. The largest absolute Gasteiger partial charge is 0.396 e. The summed E-state index contributed by atoms with van der Waals surface area (Å²) in [7, 11) is 0. The van der Waals surface area contributed by atoms with E-state index in [4.69, 9.17) is 17.3 Å².